The van der Waals surface area contributed by atoms with Gasteiger partial charge in [-0.2, -0.15) is 0 Å². The molecule has 0 atom stereocenters. The number of unbranched alkanes of at least 4 members (excludes halogenated alkanes) is 2. The van der Waals surface area contributed by atoms with Gasteiger partial charge in [0.25, 0.3) is 5.69 Å². The second-order valence-corrected chi connectivity index (χ2v) is 21.8. The number of non-ortho nitro benzene ring substituents is 1. The summed E-state index contributed by atoms with van der Waals surface area (Å²) in [4.78, 5) is 34.6. The normalized spacial score (nSPS) is 11.7. The van der Waals surface area contributed by atoms with Crippen LogP contribution in [0.15, 0.2) is 224 Å². The molecule has 16 rings (SSSR count). The molecule has 16 aromatic carbocycles. The number of nitrogens with zero attached hydrogens (tertiary/aromatic N) is 1. The van der Waals surface area contributed by atoms with E-state index in [4.69, 9.17) is 14.2 Å². The Morgan fingerprint density at radius 3 is 1.09 bits per heavy atom. The van der Waals surface area contributed by atoms with Crippen LogP contribution in [0.5, 0.6) is 5.75 Å². The van der Waals surface area contributed by atoms with Crippen molar-refractivity contribution >= 4 is 147 Å². The minimum absolute atomic E-state index is 0.0396. The molecule has 0 heterocycles. The van der Waals surface area contributed by atoms with Gasteiger partial charge in [-0.1, -0.05) is 220 Å². The molecule has 0 aliphatic rings. The van der Waals surface area contributed by atoms with Gasteiger partial charge in [0.2, 0.25) is 0 Å². The molecule has 0 saturated heterocycles. The Hall–Kier alpha value is -10.5. The molecule has 0 amide bonds. The summed E-state index contributed by atoms with van der Waals surface area (Å²) in [6.07, 6.45) is 2.71. The van der Waals surface area contributed by atoms with E-state index in [-0.39, 0.29) is 30.6 Å². The van der Waals surface area contributed by atoms with Crippen LogP contribution in [-0.2, 0) is 34.1 Å². The Balaban J connectivity index is 0.000000115. The van der Waals surface area contributed by atoms with Crippen LogP contribution in [0.1, 0.15) is 49.3 Å². The number of hydrogen-bond donors (Lipinski definition) is 1. The third-order valence-electron chi connectivity index (χ3n) is 17.0. The van der Waals surface area contributed by atoms with Gasteiger partial charge in [0.1, 0.15) is 19.0 Å². The van der Waals surface area contributed by atoms with E-state index in [2.05, 4.69) is 183 Å². The van der Waals surface area contributed by atoms with Gasteiger partial charge in [-0.15, -0.1) is 0 Å². The molecular formula is C76H55NO8. The number of rotatable bonds is 11. The molecular weight excluding hydrogens is 1050 g/mol. The molecule has 9 nitrogen and oxygen atoms in total. The second kappa shape index (κ2) is 22.0. The third kappa shape index (κ3) is 9.26. The Bertz CT molecular complexity index is 5100. The first kappa shape index (κ1) is 52.6. The number of aliphatic hydroxyl groups is 1. The quantitative estimate of drug-likeness (QED) is 0.0258. The van der Waals surface area contributed by atoms with Gasteiger partial charge in [-0.05, 0) is 165 Å². The highest BCUT2D eigenvalue weighted by Gasteiger charge is 2.19. The zero-order valence-corrected chi connectivity index (χ0v) is 46.6. The fraction of sp³-hybridized carbons (Fsp3) is 0.105. The second-order valence-electron chi connectivity index (χ2n) is 21.8. The van der Waals surface area contributed by atoms with Gasteiger partial charge >= 0.3 is 12.1 Å². The molecule has 0 radical (unpaired) electrons. The molecule has 412 valence electrons. The summed E-state index contributed by atoms with van der Waals surface area (Å²) in [5.41, 5.74) is 2.85. The van der Waals surface area contributed by atoms with Crippen molar-refractivity contribution < 1.29 is 33.8 Å². The molecule has 1 N–H and O–H groups in total. The lowest BCUT2D eigenvalue weighted by Gasteiger charge is -2.16. The highest BCUT2D eigenvalue weighted by atomic mass is 16.7. The van der Waals surface area contributed by atoms with Crippen LogP contribution in [0.2, 0.25) is 0 Å². The molecule has 0 spiro atoms. The van der Waals surface area contributed by atoms with Gasteiger partial charge in [-0.3, -0.25) is 14.9 Å². The molecule has 0 bridgehead atoms. The summed E-state index contributed by atoms with van der Waals surface area (Å²) in [6, 6.07) is 75.7. The van der Waals surface area contributed by atoms with Crippen molar-refractivity contribution in [2.24, 2.45) is 0 Å². The summed E-state index contributed by atoms with van der Waals surface area (Å²) in [7, 11) is 0. The number of hydrogen-bond acceptors (Lipinski definition) is 8. The van der Waals surface area contributed by atoms with Crippen LogP contribution in [0.4, 0.5) is 10.5 Å². The monoisotopic (exact) mass is 1110 g/mol. The molecule has 0 saturated carbocycles. The minimum atomic E-state index is -0.871. The number of esters is 1. The molecule has 16 aromatic rings. The molecule has 0 aliphatic carbocycles. The molecule has 85 heavy (non-hydrogen) atoms. The first-order valence-electron chi connectivity index (χ1n) is 28.8. The van der Waals surface area contributed by atoms with E-state index in [1.807, 2.05) is 24.3 Å². The van der Waals surface area contributed by atoms with Crippen LogP contribution < -0.4 is 4.74 Å². The molecule has 0 fully saturated rings. The van der Waals surface area contributed by atoms with Crippen LogP contribution in [0.25, 0.3) is 129 Å². The number of fused-ring (bicyclic) bond motifs is 6. The van der Waals surface area contributed by atoms with Crippen molar-refractivity contribution in [3.8, 4) is 5.75 Å². The first-order chi connectivity index (χ1) is 41.8. The molecule has 0 aromatic heterocycles. The Morgan fingerprint density at radius 1 is 0.388 bits per heavy atom. The van der Waals surface area contributed by atoms with Crippen LogP contribution in [0.3, 0.4) is 0 Å². The lowest BCUT2D eigenvalue weighted by Crippen LogP contribution is -2.10. The summed E-state index contributed by atoms with van der Waals surface area (Å²) in [6.45, 7) is 2.58. The maximum Gasteiger partial charge on any atom is 0.514 e. The van der Waals surface area contributed by atoms with Crippen molar-refractivity contribution in [1.29, 1.82) is 0 Å². The van der Waals surface area contributed by atoms with Gasteiger partial charge in [-0.25, -0.2) is 4.79 Å². The number of ether oxygens (including phenoxy) is 3. The first-order valence-corrected chi connectivity index (χ1v) is 28.8. The molecule has 0 unspecified atom stereocenters. The average Bonchev–Trinajstić information content (AvgIpc) is 1.29. The van der Waals surface area contributed by atoms with Crippen molar-refractivity contribution in [2.75, 3.05) is 0 Å². The van der Waals surface area contributed by atoms with Crippen molar-refractivity contribution in [3.05, 3.63) is 251 Å². The van der Waals surface area contributed by atoms with Crippen molar-refractivity contribution in [3.63, 3.8) is 0 Å². The Kier molecular flexibility index (Phi) is 13.6. The van der Waals surface area contributed by atoms with Gasteiger partial charge in [0, 0.05) is 18.6 Å². The van der Waals surface area contributed by atoms with E-state index in [0.717, 1.165) is 62.9 Å². The third-order valence-corrected chi connectivity index (χ3v) is 17.0. The van der Waals surface area contributed by atoms with E-state index in [1.54, 1.807) is 0 Å². The standard InChI is InChI=1S/C28H17NO5.C27H24O2.C21H14O/c30-28(34-20-13-11-19(12-14-20)29(31)32)33-16-18-10-15-25-23-8-2-5-17-4-1-7-22(26(17)23)24-9-3-6-21(18)27(24)25;1-2-3-4-14-25(28)29-17-19-15-16-24-22-12-6-9-18-8-5-11-21(26(18)22)23-13-7-10-20(19)27(23)24;22-12-14-10-11-19-17-8-2-5-13-4-1-7-16(20(13)17)18-9-3-6-15(14)21(18)19/h1-15H,16H2;5-13,15-16H,2-4,14,17H2,1H3;1-11,22H,12H2. The van der Waals surface area contributed by atoms with Crippen LogP contribution in [0, 0.1) is 10.1 Å². The Labute approximate surface area is 487 Å². The summed E-state index contributed by atoms with van der Waals surface area (Å²) < 4.78 is 16.1. The van der Waals surface area contributed by atoms with E-state index < -0.39 is 11.1 Å². The zero-order chi connectivity index (χ0) is 57.7. The highest BCUT2D eigenvalue weighted by molar-refractivity contribution is 6.35. The number of nitro groups is 1. The molecule has 9 heteroatoms. The van der Waals surface area contributed by atoms with Crippen molar-refractivity contribution in [1.82, 2.24) is 0 Å². The maximum absolute atomic E-state index is 12.3. The fourth-order valence-corrected chi connectivity index (χ4v) is 13.2. The van der Waals surface area contributed by atoms with E-state index in [9.17, 15) is 24.8 Å². The fourth-order valence-electron chi connectivity index (χ4n) is 13.2. The summed E-state index contributed by atoms with van der Waals surface area (Å²) >= 11 is 0. The van der Waals surface area contributed by atoms with Crippen LogP contribution >= 0.6 is 0 Å². The predicted molar refractivity (Wildman–Crippen MR) is 347 cm³/mol. The van der Waals surface area contributed by atoms with Gasteiger partial charge < -0.3 is 19.3 Å². The lowest BCUT2D eigenvalue weighted by molar-refractivity contribution is -0.384. The summed E-state index contributed by atoms with van der Waals surface area (Å²) in [5.74, 6) is 0.0752. The average molecular weight is 1110 g/mol. The Morgan fingerprint density at radius 2 is 0.718 bits per heavy atom. The van der Waals surface area contributed by atoms with Gasteiger partial charge in [0.05, 0.1) is 11.5 Å². The SMILES string of the molecule is CCCCCC(=O)OCc1ccc2c3cccc4cccc(c5cccc1c52)c43.O=C(OCc1ccc2c3cccc4cccc(c5cccc1c52)c43)Oc1ccc([N+](=O)[O-])cc1.OCc1ccc2c3cccc4cccc(c5cccc1c52)c43. The van der Waals surface area contributed by atoms with E-state index >= 15 is 0 Å². The highest BCUT2D eigenvalue weighted by Crippen LogP contribution is 2.44. The minimum Gasteiger partial charge on any atom is -0.461 e. The number of nitro benzene ring substituents is 1. The zero-order valence-electron chi connectivity index (χ0n) is 46.6. The lowest BCUT2D eigenvalue weighted by atomic mass is 9.88. The molecule has 0 aliphatic heterocycles. The number of benzene rings is 16. The number of aliphatic hydroxyl groups excluding tert-OH is 1. The van der Waals surface area contributed by atoms with E-state index in [1.165, 1.54) is 127 Å². The van der Waals surface area contributed by atoms with Crippen LogP contribution in [-0.4, -0.2) is 22.2 Å². The summed E-state index contributed by atoms with van der Waals surface area (Å²) in [5, 5.41) is 50.0. The predicted octanol–water partition coefficient (Wildman–Crippen LogP) is 20.0. The van der Waals surface area contributed by atoms with Crippen molar-refractivity contribution in [2.45, 2.75) is 52.4 Å². The van der Waals surface area contributed by atoms with Gasteiger partial charge in [0.15, 0.2) is 0 Å². The van der Waals surface area contributed by atoms with E-state index in [0.29, 0.717) is 13.0 Å². The largest absolute Gasteiger partial charge is 0.514 e. The number of carbonyl (C=O) groups is 2. The smallest absolute Gasteiger partial charge is 0.461 e. The topological polar surface area (TPSA) is 125 Å². The maximum atomic E-state index is 12.3. The number of carbonyl (C=O) groups excluding carboxylic acids is 2.